The van der Waals surface area contributed by atoms with E-state index >= 15 is 0 Å². The Hall–Kier alpha value is -0.620. The van der Waals surface area contributed by atoms with Crippen molar-refractivity contribution in [3.63, 3.8) is 0 Å². The quantitative estimate of drug-likeness (QED) is 0.541. The van der Waals surface area contributed by atoms with Crippen LogP contribution in [0.3, 0.4) is 0 Å². The van der Waals surface area contributed by atoms with E-state index in [9.17, 15) is 0 Å². The molecule has 0 saturated carbocycles. The first-order valence-electron chi connectivity index (χ1n) is 8.62. The van der Waals surface area contributed by atoms with Gasteiger partial charge in [0.05, 0.1) is 12.6 Å². The van der Waals surface area contributed by atoms with Crippen LogP contribution >= 0.6 is 35.0 Å². The molecule has 0 bridgehead atoms. The summed E-state index contributed by atoms with van der Waals surface area (Å²) in [6.45, 7) is 7.35. The number of benzene rings is 1. The second-order valence-electron chi connectivity index (χ2n) is 6.23. The van der Waals surface area contributed by atoms with Gasteiger partial charge in [0.15, 0.2) is 5.96 Å². The van der Waals surface area contributed by atoms with Crippen molar-refractivity contribution in [2.45, 2.75) is 37.5 Å². The van der Waals surface area contributed by atoms with Gasteiger partial charge in [-0.25, -0.2) is 0 Å². The maximum atomic E-state index is 6.33. The van der Waals surface area contributed by atoms with Crippen LogP contribution in [0.15, 0.2) is 23.2 Å². The maximum Gasteiger partial charge on any atom is 0.191 e. The molecule has 0 spiro atoms. The van der Waals surface area contributed by atoms with E-state index in [2.05, 4.69) is 30.7 Å². The topological polar surface area (TPSA) is 45.7 Å². The summed E-state index contributed by atoms with van der Waals surface area (Å²) in [6.07, 6.45) is 4.24. The number of nitrogens with one attached hydrogen (secondary N) is 2. The predicted molar refractivity (Wildman–Crippen MR) is 110 cm³/mol. The molecule has 140 valence electrons. The molecule has 1 unspecified atom stereocenters. The molecule has 0 radical (unpaired) electrons. The Morgan fingerprint density at radius 2 is 2.08 bits per heavy atom. The fourth-order valence-electron chi connectivity index (χ4n) is 2.85. The molecule has 25 heavy (non-hydrogen) atoms. The second-order valence-corrected chi connectivity index (χ2v) is 8.34. The number of guanidine groups is 1. The number of hydrogen-bond acceptors (Lipinski definition) is 3. The van der Waals surface area contributed by atoms with E-state index in [0.29, 0.717) is 10.0 Å². The first kappa shape index (κ1) is 20.7. The van der Waals surface area contributed by atoms with Crippen molar-refractivity contribution in [2.24, 2.45) is 4.99 Å². The third-order valence-corrected chi connectivity index (χ3v) is 6.45. The highest BCUT2D eigenvalue weighted by Gasteiger charge is 2.31. The molecule has 1 aliphatic rings. The summed E-state index contributed by atoms with van der Waals surface area (Å²) in [5, 5.41) is 8.07. The zero-order valence-electron chi connectivity index (χ0n) is 15.1. The number of thioether (sulfide) groups is 1. The normalized spacial score (nSPS) is 18.7. The molecule has 4 nitrogen and oxygen atoms in total. The van der Waals surface area contributed by atoms with Gasteiger partial charge in [0.25, 0.3) is 0 Å². The van der Waals surface area contributed by atoms with E-state index in [-0.39, 0.29) is 10.8 Å². The van der Waals surface area contributed by atoms with Gasteiger partial charge in [0.1, 0.15) is 0 Å². The van der Waals surface area contributed by atoms with Crippen molar-refractivity contribution in [3.8, 4) is 0 Å². The van der Waals surface area contributed by atoms with Crippen LogP contribution in [0.1, 0.15) is 38.3 Å². The van der Waals surface area contributed by atoms with E-state index in [1.54, 1.807) is 6.07 Å². The molecule has 0 aromatic heterocycles. The molecule has 0 aliphatic carbocycles. The highest BCUT2D eigenvalue weighted by Crippen LogP contribution is 2.34. The largest absolute Gasteiger partial charge is 0.381 e. The lowest BCUT2D eigenvalue weighted by Crippen LogP contribution is -2.41. The van der Waals surface area contributed by atoms with Gasteiger partial charge in [-0.3, -0.25) is 4.99 Å². The van der Waals surface area contributed by atoms with Crippen LogP contribution in [0, 0.1) is 0 Å². The highest BCUT2D eigenvalue weighted by atomic mass is 35.5. The summed E-state index contributed by atoms with van der Waals surface area (Å²) in [5.41, 5.74) is 1.00. The van der Waals surface area contributed by atoms with Crippen molar-refractivity contribution < 1.29 is 4.74 Å². The molecule has 7 heteroatoms. The average molecular weight is 404 g/mol. The van der Waals surface area contributed by atoms with Crippen LogP contribution in [0.4, 0.5) is 0 Å². The molecule has 2 N–H and O–H groups in total. The molecule has 1 aliphatic heterocycles. The van der Waals surface area contributed by atoms with Gasteiger partial charge >= 0.3 is 0 Å². The Balaban J connectivity index is 2.08. The van der Waals surface area contributed by atoms with Crippen molar-refractivity contribution in [2.75, 3.05) is 32.6 Å². The van der Waals surface area contributed by atoms with E-state index in [0.717, 1.165) is 50.7 Å². The predicted octanol–water partition coefficient (Wildman–Crippen LogP) is 4.52. The maximum absolute atomic E-state index is 6.33. The SMILES string of the molecule is CCNC(=NCC1(SC)CCOCC1)NC(C)c1ccc(Cl)cc1Cl. The summed E-state index contributed by atoms with van der Waals surface area (Å²) >= 11 is 14.2. The Bertz CT molecular complexity index is 592. The number of hydrogen-bond donors (Lipinski definition) is 2. The number of rotatable bonds is 6. The van der Waals surface area contributed by atoms with Gasteiger partial charge < -0.3 is 15.4 Å². The molecule has 1 aromatic rings. The fourth-order valence-corrected chi connectivity index (χ4v) is 4.19. The Morgan fingerprint density at radius 1 is 1.36 bits per heavy atom. The fraction of sp³-hybridized carbons (Fsp3) is 0.611. The standard InChI is InChI=1S/C18H27Cl2N3OS/c1-4-21-17(22-12-18(25-3)7-9-24-10-8-18)23-13(2)15-6-5-14(19)11-16(15)20/h5-6,11,13H,4,7-10,12H2,1-3H3,(H2,21,22,23). The Morgan fingerprint density at radius 3 is 2.68 bits per heavy atom. The lowest BCUT2D eigenvalue weighted by Gasteiger charge is -2.34. The minimum atomic E-state index is 0.0301. The first-order valence-corrected chi connectivity index (χ1v) is 10.6. The number of aliphatic imine (C=N–C) groups is 1. The highest BCUT2D eigenvalue weighted by molar-refractivity contribution is 8.00. The van der Waals surface area contributed by atoms with E-state index in [4.69, 9.17) is 32.9 Å². The number of halogens is 2. The van der Waals surface area contributed by atoms with Crippen molar-refractivity contribution in [3.05, 3.63) is 33.8 Å². The van der Waals surface area contributed by atoms with Gasteiger partial charge in [0.2, 0.25) is 0 Å². The molecule has 1 saturated heterocycles. The molecular weight excluding hydrogens is 377 g/mol. The van der Waals surface area contributed by atoms with Gasteiger partial charge in [-0.15, -0.1) is 0 Å². The monoisotopic (exact) mass is 403 g/mol. The van der Waals surface area contributed by atoms with E-state index < -0.39 is 0 Å². The number of ether oxygens (including phenoxy) is 1. The molecular formula is C18H27Cl2N3OS. The van der Waals surface area contributed by atoms with Crippen LogP contribution in [-0.4, -0.2) is 43.3 Å². The molecule has 2 rings (SSSR count). The lowest BCUT2D eigenvalue weighted by atomic mass is 9.99. The molecule has 1 fully saturated rings. The van der Waals surface area contributed by atoms with Crippen molar-refractivity contribution >= 4 is 40.9 Å². The van der Waals surface area contributed by atoms with Crippen LogP contribution in [0.2, 0.25) is 10.0 Å². The Labute approximate surface area is 165 Å². The zero-order valence-corrected chi connectivity index (χ0v) is 17.4. The van der Waals surface area contributed by atoms with Crippen LogP contribution in [0.25, 0.3) is 0 Å². The smallest absolute Gasteiger partial charge is 0.191 e. The van der Waals surface area contributed by atoms with Gasteiger partial charge in [0, 0.05) is 34.6 Å². The second kappa shape index (κ2) is 9.91. The third-order valence-electron chi connectivity index (χ3n) is 4.49. The van der Waals surface area contributed by atoms with Crippen LogP contribution in [-0.2, 0) is 4.74 Å². The average Bonchev–Trinajstić information content (AvgIpc) is 2.60. The van der Waals surface area contributed by atoms with Crippen LogP contribution < -0.4 is 10.6 Å². The van der Waals surface area contributed by atoms with Crippen molar-refractivity contribution in [1.29, 1.82) is 0 Å². The summed E-state index contributed by atoms with van der Waals surface area (Å²) in [4.78, 5) is 4.84. The van der Waals surface area contributed by atoms with E-state index in [1.165, 1.54) is 0 Å². The Kier molecular flexibility index (Phi) is 8.20. The molecule has 1 heterocycles. The molecule has 1 aromatic carbocycles. The molecule has 1 atom stereocenters. The van der Waals surface area contributed by atoms with Gasteiger partial charge in [-0.1, -0.05) is 29.3 Å². The summed E-state index contributed by atoms with van der Waals surface area (Å²) in [5.74, 6) is 0.806. The zero-order chi connectivity index (χ0) is 18.3. The first-order chi connectivity index (χ1) is 12.0. The van der Waals surface area contributed by atoms with Gasteiger partial charge in [-0.2, -0.15) is 11.8 Å². The minimum Gasteiger partial charge on any atom is -0.381 e. The van der Waals surface area contributed by atoms with Gasteiger partial charge in [-0.05, 0) is 50.6 Å². The summed E-state index contributed by atoms with van der Waals surface area (Å²) in [6, 6.07) is 5.61. The summed E-state index contributed by atoms with van der Waals surface area (Å²) < 4.78 is 5.68. The van der Waals surface area contributed by atoms with Crippen LogP contribution in [0.5, 0.6) is 0 Å². The third kappa shape index (κ3) is 5.95. The van der Waals surface area contributed by atoms with Crippen molar-refractivity contribution in [1.82, 2.24) is 10.6 Å². The minimum absolute atomic E-state index is 0.0301. The summed E-state index contributed by atoms with van der Waals surface area (Å²) in [7, 11) is 0. The molecule has 0 amide bonds. The lowest BCUT2D eigenvalue weighted by molar-refractivity contribution is 0.0794. The van der Waals surface area contributed by atoms with E-state index in [1.807, 2.05) is 23.9 Å². The number of nitrogens with zero attached hydrogens (tertiary/aromatic N) is 1.